The van der Waals surface area contributed by atoms with Crippen molar-refractivity contribution in [1.82, 2.24) is 0 Å². The Balaban J connectivity index is 2.00. The first kappa shape index (κ1) is 17.0. The smallest absolute Gasteiger partial charge is 0.137 e. The number of alkyl halides is 1. The second kappa shape index (κ2) is 10.7. The first-order valence-corrected chi connectivity index (χ1v) is 8.79. The lowest BCUT2D eigenvalue weighted by molar-refractivity contribution is 0.303. The van der Waals surface area contributed by atoms with Gasteiger partial charge in [-0.1, -0.05) is 48.0 Å². The lowest BCUT2D eigenvalue weighted by Crippen LogP contribution is -1.97. The van der Waals surface area contributed by atoms with Crippen LogP contribution in [0.3, 0.4) is 0 Å². The molecule has 0 aliphatic rings. The normalized spacial score (nSPS) is 10.7. The summed E-state index contributed by atoms with van der Waals surface area (Å²) in [5.74, 6) is 0.474. The Bertz CT molecular complexity index is 358. The number of hydrogen-bond donors (Lipinski definition) is 0. The van der Waals surface area contributed by atoms with Crippen LogP contribution in [0.4, 0.5) is 4.39 Å². The van der Waals surface area contributed by atoms with Gasteiger partial charge in [0.05, 0.1) is 11.1 Å². The van der Waals surface area contributed by atoms with Gasteiger partial charge in [-0.2, -0.15) is 0 Å². The van der Waals surface area contributed by atoms with Gasteiger partial charge in [-0.05, 0) is 47.0 Å². The predicted octanol–water partition coefficient (Wildman–Crippen LogP) is 6.09. The van der Waals surface area contributed by atoms with Gasteiger partial charge < -0.3 is 4.74 Å². The third-order valence-corrected chi connectivity index (χ3v) is 4.11. The second-order valence-electron chi connectivity index (χ2n) is 4.59. The zero-order chi connectivity index (χ0) is 13.9. The molecule has 0 aliphatic heterocycles. The van der Waals surface area contributed by atoms with Crippen molar-refractivity contribution in [2.24, 2.45) is 0 Å². The summed E-state index contributed by atoms with van der Waals surface area (Å²) in [6.45, 7) is 0.708. The molecule has 0 atom stereocenters. The van der Waals surface area contributed by atoms with E-state index in [1.807, 2.05) is 0 Å². The van der Waals surface area contributed by atoms with E-state index in [4.69, 9.17) is 4.74 Å². The van der Waals surface area contributed by atoms with Gasteiger partial charge in [0.15, 0.2) is 0 Å². The maximum absolute atomic E-state index is 13.0. The van der Waals surface area contributed by atoms with Crippen LogP contribution >= 0.6 is 31.9 Å². The first-order valence-electron chi connectivity index (χ1n) is 6.88. The van der Waals surface area contributed by atoms with Crippen LogP contribution in [0.1, 0.15) is 44.9 Å². The summed E-state index contributed by atoms with van der Waals surface area (Å²) >= 11 is 6.59. The van der Waals surface area contributed by atoms with Gasteiger partial charge >= 0.3 is 0 Å². The van der Waals surface area contributed by atoms with E-state index in [1.165, 1.54) is 44.6 Å². The van der Waals surface area contributed by atoms with Crippen LogP contribution in [0.25, 0.3) is 0 Å². The van der Waals surface area contributed by atoms with Crippen LogP contribution in [0.15, 0.2) is 22.7 Å². The molecule has 108 valence electrons. The van der Waals surface area contributed by atoms with Crippen molar-refractivity contribution in [3.05, 3.63) is 28.5 Å². The van der Waals surface area contributed by atoms with Crippen molar-refractivity contribution in [3.8, 4) is 5.75 Å². The summed E-state index contributed by atoms with van der Waals surface area (Å²) in [6.07, 6.45) is 8.79. The Hall–Kier alpha value is -0.0900. The fourth-order valence-corrected chi connectivity index (χ4v) is 2.59. The first-order chi connectivity index (χ1) is 9.24. The molecule has 4 heteroatoms. The van der Waals surface area contributed by atoms with Crippen LogP contribution in [-0.2, 0) is 0 Å². The molecule has 0 saturated carbocycles. The number of unbranched alkanes of at least 4 members (excludes halogenated alkanes) is 6. The minimum absolute atomic E-state index is 0.254. The molecule has 19 heavy (non-hydrogen) atoms. The topological polar surface area (TPSA) is 9.23 Å². The van der Waals surface area contributed by atoms with Crippen molar-refractivity contribution in [3.63, 3.8) is 0 Å². The second-order valence-corrected chi connectivity index (χ2v) is 6.24. The zero-order valence-corrected chi connectivity index (χ0v) is 14.3. The van der Waals surface area contributed by atoms with Gasteiger partial charge in [0, 0.05) is 5.33 Å². The molecule has 0 fully saturated rings. The molecule has 1 nitrogen and oxygen atoms in total. The summed E-state index contributed by atoms with van der Waals surface area (Å²) in [4.78, 5) is 0. The molecule has 0 amide bonds. The fraction of sp³-hybridized carbons (Fsp3) is 0.600. The summed E-state index contributed by atoms with van der Waals surface area (Å²) in [7, 11) is 0. The Morgan fingerprint density at radius 3 is 2.21 bits per heavy atom. The number of hydrogen-bond acceptors (Lipinski definition) is 1. The van der Waals surface area contributed by atoms with Crippen molar-refractivity contribution in [2.45, 2.75) is 44.9 Å². The minimum Gasteiger partial charge on any atom is -0.494 e. The highest BCUT2D eigenvalue weighted by molar-refractivity contribution is 9.10. The Morgan fingerprint density at radius 1 is 0.947 bits per heavy atom. The van der Waals surface area contributed by atoms with E-state index in [-0.39, 0.29) is 5.82 Å². The SMILES string of the molecule is Fc1ccc(OCCCCCCCCCBr)cc1Br. The number of halogens is 3. The Morgan fingerprint density at radius 2 is 1.58 bits per heavy atom. The van der Waals surface area contributed by atoms with Crippen LogP contribution in [0, 0.1) is 5.82 Å². The largest absolute Gasteiger partial charge is 0.494 e. The Kier molecular flexibility index (Phi) is 9.52. The van der Waals surface area contributed by atoms with Gasteiger partial charge in [-0.3, -0.25) is 0 Å². The highest BCUT2D eigenvalue weighted by atomic mass is 79.9. The number of ether oxygens (including phenoxy) is 1. The van der Waals surface area contributed by atoms with Gasteiger partial charge in [0.25, 0.3) is 0 Å². The maximum Gasteiger partial charge on any atom is 0.137 e. The predicted molar refractivity (Wildman–Crippen MR) is 85.7 cm³/mol. The van der Waals surface area contributed by atoms with E-state index in [0.29, 0.717) is 11.1 Å². The Labute approximate surface area is 132 Å². The van der Waals surface area contributed by atoms with E-state index in [9.17, 15) is 4.39 Å². The summed E-state index contributed by atoms with van der Waals surface area (Å²) in [6, 6.07) is 4.76. The van der Waals surface area contributed by atoms with Crippen LogP contribution in [0.2, 0.25) is 0 Å². The van der Waals surface area contributed by atoms with E-state index in [2.05, 4.69) is 31.9 Å². The molecule has 0 N–H and O–H groups in total. The number of benzene rings is 1. The van der Waals surface area contributed by atoms with E-state index >= 15 is 0 Å². The lowest BCUT2D eigenvalue weighted by Gasteiger charge is -2.06. The standard InChI is InChI=1S/C15H21Br2FO/c16-10-6-4-2-1-3-5-7-11-19-13-8-9-15(18)14(17)12-13/h8-9,12H,1-7,10-11H2. The quantitative estimate of drug-likeness (QED) is 0.344. The molecule has 1 aromatic carbocycles. The molecule has 0 bridgehead atoms. The summed E-state index contributed by atoms with van der Waals surface area (Å²) in [5, 5.41) is 1.12. The highest BCUT2D eigenvalue weighted by Crippen LogP contribution is 2.21. The summed E-state index contributed by atoms with van der Waals surface area (Å²) < 4.78 is 19.0. The molecule has 0 unspecified atom stereocenters. The highest BCUT2D eigenvalue weighted by Gasteiger charge is 2.00. The van der Waals surface area contributed by atoms with Crippen LogP contribution in [-0.4, -0.2) is 11.9 Å². The average Bonchev–Trinajstić information content (AvgIpc) is 2.41. The van der Waals surface area contributed by atoms with E-state index in [1.54, 1.807) is 12.1 Å². The van der Waals surface area contributed by atoms with Gasteiger partial charge in [-0.25, -0.2) is 4.39 Å². The molecule has 0 aromatic heterocycles. The minimum atomic E-state index is -0.254. The molecule has 0 aliphatic carbocycles. The van der Waals surface area contributed by atoms with Crippen LogP contribution in [0.5, 0.6) is 5.75 Å². The third-order valence-electron chi connectivity index (χ3n) is 2.94. The van der Waals surface area contributed by atoms with Gasteiger partial charge in [0.1, 0.15) is 11.6 Å². The number of rotatable bonds is 10. The molecular formula is C15H21Br2FO. The van der Waals surface area contributed by atoms with Gasteiger partial charge in [0.2, 0.25) is 0 Å². The van der Waals surface area contributed by atoms with Crippen molar-refractivity contribution >= 4 is 31.9 Å². The van der Waals surface area contributed by atoms with E-state index < -0.39 is 0 Å². The van der Waals surface area contributed by atoms with Gasteiger partial charge in [-0.15, -0.1) is 0 Å². The fourth-order valence-electron chi connectivity index (χ4n) is 1.84. The molecule has 1 rings (SSSR count). The van der Waals surface area contributed by atoms with Crippen molar-refractivity contribution in [1.29, 1.82) is 0 Å². The monoisotopic (exact) mass is 394 g/mol. The summed E-state index contributed by atoms with van der Waals surface area (Å²) in [5.41, 5.74) is 0. The molecular weight excluding hydrogens is 375 g/mol. The molecule has 0 heterocycles. The van der Waals surface area contributed by atoms with Crippen molar-refractivity contribution < 1.29 is 9.13 Å². The molecule has 0 saturated heterocycles. The molecule has 1 aromatic rings. The van der Waals surface area contributed by atoms with Crippen LogP contribution < -0.4 is 4.74 Å². The van der Waals surface area contributed by atoms with Crippen molar-refractivity contribution in [2.75, 3.05) is 11.9 Å². The lowest BCUT2D eigenvalue weighted by atomic mass is 10.1. The molecule has 0 spiro atoms. The zero-order valence-electron chi connectivity index (χ0n) is 11.1. The third kappa shape index (κ3) is 7.93. The maximum atomic E-state index is 13.0. The molecule has 0 radical (unpaired) electrons. The average molecular weight is 396 g/mol. The van der Waals surface area contributed by atoms with E-state index in [0.717, 1.165) is 17.5 Å².